The third-order valence-corrected chi connectivity index (χ3v) is 4.00. The van der Waals surface area contributed by atoms with E-state index in [9.17, 15) is 4.79 Å². The number of carboxylic acid groups (broad SMARTS) is 1. The van der Waals surface area contributed by atoms with Gasteiger partial charge in [-0.05, 0) is 35.1 Å². The molecular formula is C19H19NO2. The van der Waals surface area contributed by atoms with Crippen molar-refractivity contribution < 1.29 is 9.90 Å². The largest absolute Gasteiger partial charge is 0.481 e. The summed E-state index contributed by atoms with van der Waals surface area (Å²) in [5.74, 6) is -1.12. The van der Waals surface area contributed by atoms with Crippen molar-refractivity contribution in [3.05, 3.63) is 71.9 Å². The normalized spacial score (nSPS) is 12.4. The topological polar surface area (TPSA) is 42.2 Å². The van der Waals surface area contributed by atoms with Gasteiger partial charge in [-0.1, -0.05) is 49.4 Å². The molecule has 3 heteroatoms. The van der Waals surface area contributed by atoms with Crippen LogP contribution in [-0.2, 0) is 17.8 Å². The van der Waals surface area contributed by atoms with Crippen LogP contribution in [0.4, 0.5) is 0 Å². The molecule has 3 aromatic rings. The quantitative estimate of drug-likeness (QED) is 0.774. The minimum Gasteiger partial charge on any atom is -0.481 e. The molecule has 1 N–H and O–H groups in total. The highest BCUT2D eigenvalue weighted by Gasteiger charge is 2.12. The van der Waals surface area contributed by atoms with Gasteiger partial charge in [-0.3, -0.25) is 4.79 Å². The van der Waals surface area contributed by atoms with Gasteiger partial charge >= 0.3 is 5.97 Å². The summed E-state index contributed by atoms with van der Waals surface area (Å²) < 4.78 is 2.21. The molecule has 0 radical (unpaired) electrons. The monoisotopic (exact) mass is 293 g/mol. The van der Waals surface area contributed by atoms with Crippen molar-refractivity contribution in [3.8, 4) is 0 Å². The molecule has 1 atom stereocenters. The van der Waals surface area contributed by atoms with E-state index >= 15 is 0 Å². The van der Waals surface area contributed by atoms with Crippen molar-refractivity contribution in [1.82, 2.24) is 4.57 Å². The van der Waals surface area contributed by atoms with E-state index < -0.39 is 5.97 Å². The first-order valence-electron chi connectivity index (χ1n) is 7.48. The molecule has 1 heterocycles. The smallest absolute Gasteiger partial charge is 0.306 e. The zero-order valence-electron chi connectivity index (χ0n) is 12.6. The van der Waals surface area contributed by atoms with Crippen LogP contribution in [0.2, 0.25) is 0 Å². The molecule has 0 aliphatic heterocycles. The summed E-state index contributed by atoms with van der Waals surface area (Å²) in [6, 6.07) is 18.6. The van der Waals surface area contributed by atoms with Gasteiger partial charge < -0.3 is 9.67 Å². The molecule has 0 amide bonds. The molecule has 0 aliphatic carbocycles. The molecule has 0 fully saturated rings. The fourth-order valence-electron chi connectivity index (χ4n) is 2.72. The Kier molecular flexibility index (Phi) is 3.96. The summed E-state index contributed by atoms with van der Waals surface area (Å²) in [6.07, 6.45) is 2.64. The van der Waals surface area contributed by atoms with Gasteiger partial charge in [0, 0.05) is 18.3 Å². The second-order valence-electron chi connectivity index (χ2n) is 5.77. The highest BCUT2D eigenvalue weighted by atomic mass is 16.4. The lowest BCUT2D eigenvalue weighted by Crippen LogP contribution is -2.12. The Balaban J connectivity index is 1.90. The predicted molar refractivity (Wildman–Crippen MR) is 88.0 cm³/mol. The molecule has 2 aromatic carbocycles. The Hall–Kier alpha value is -2.55. The van der Waals surface area contributed by atoms with E-state index in [2.05, 4.69) is 41.1 Å². The fraction of sp³-hybridized carbons (Fsp3) is 0.211. The molecule has 112 valence electrons. The van der Waals surface area contributed by atoms with Gasteiger partial charge in [0.05, 0.1) is 5.92 Å². The van der Waals surface area contributed by atoms with E-state index in [-0.39, 0.29) is 5.92 Å². The number of carboxylic acids is 1. The number of aliphatic carboxylic acids is 1. The molecule has 3 nitrogen and oxygen atoms in total. The molecule has 0 aliphatic rings. The molecular weight excluding hydrogens is 274 g/mol. The first kappa shape index (κ1) is 14.4. The summed E-state index contributed by atoms with van der Waals surface area (Å²) in [5, 5.41) is 10.2. The van der Waals surface area contributed by atoms with Crippen molar-refractivity contribution in [3.63, 3.8) is 0 Å². The SMILES string of the molecule is CC(Cc1ccc2ccn(Cc3ccccc3)c2c1)C(=O)O. The highest BCUT2D eigenvalue weighted by molar-refractivity contribution is 5.81. The summed E-state index contributed by atoms with van der Waals surface area (Å²) >= 11 is 0. The van der Waals surface area contributed by atoms with E-state index in [0.29, 0.717) is 6.42 Å². The summed E-state index contributed by atoms with van der Waals surface area (Å²) in [6.45, 7) is 2.57. The number of nitrogens with zero attached hydrogens (tertiary/aromatic N) is 1. The summed E-state index contributed by atoms with van der Waals surface area (Å²) in [5.41, 5.74) is 3.47. The van der Waals surface area contributed by atoms with Crippen LogP contribution in [0.3, 0.4) is 0 Å². The number of hydrogen-bond acceptors (Lipinski definition) is 1. The van der Waals surface area contributed by atoms with Gasteiger partial charge in [-0.15, -0.1) is 0 Å². The van der Waals surface area contributed by atoms with E-state index in [0.717, 1.165) is 17.6 Å². The van der Waals surface area contributed by atoms with Crippen molar-refractivity contribution in [1.29, 1.82) is 0 Å². The molecule has 0 spiro atoms. The predicted octanol–water partition coefficient (Wildman–Crippen LogP) is 3.95. The third kappa shape index (κ3) is 3.03. The van der Waals surface area contributed by atoms with Crippen LogP contribution >= 0.6 is 0 Å². The van der Waals surface area contributed by atoms with E-state index in [1.54, 1.807) is 6.92 Å². The summed E-state index contributed by atoms with van der Waals surface area (Å²) in [4.78, 5) is 11.0. The first-order chi connectivity index (χ1) is 10.6. The number of aromatic nitrogens is 1. The molecule has 0 saturated heterocycles. The maximum Gasteiger partial charge on any atom is 0.306 e. The van der Waals surface area contributed by atoms with Crippen LogP contribution in [0.5, 0.6) is 0 Å². The maximum absolute atomic E-state index is 11.0. The first-order valence-corrected chi connectivity index (χ1v) is 7.48. The zero-order chi connectivity index (χ0) is 15.5. The van der Waals surface area contributed by atoms with E-state index in [4.69, 9.17) is 5.11 Å². The van der Waals surface area contributed by atoms with Crippen molar-refractivity contribution >= 4 is 16.9 Å². The van der Waals surface area contributed by atoms with Crippen molar-refractivity contribution in [2.45, 2.75) is 19.9 Å². The second-order valence-corrected chi connectivity index (χ2v) is 5.77. The standard InChI is InChI=1S/C19H19NO2/c1-14(19(21)22)11-16-7-8-17-9-10-20(18(17)12-16)13-15-5-3-2-4-6-15/h2-10,12,14H,11,13H2,1H3,(H,21,22). The lowest BCUT2D eigenvalue weighted by atomic mass is 10.0. The minimum atomic E-state index is -0.750. The van der Waals surface area contributed by atoms with Gasteiger partial charge in [0.15, 0.2) is 0 Å². The van der Waals surface area contributed by atoms with Crippen LogP contribution in [-0.4, -0.2) is 15.6 Å². The number of benzene rings is 2. The third-order valence-electron chi connectivity index (χ3n) is 4.00. The Labute approximate surface area is 129 Å². The van der Waals surface area contributed by atoms with Crippen LogP contribution in [0, 0.1) is 5.92 Å². The Morgan fingerprint density at radius 2 is 1.86 bits per heavy atom. The molecule has 1 unspecified atom stereocenters. The van der Waals surface area contributed by atoms with Gasteiger partial charge in [0.2, 0.25) is 0 Å². The van der Waals surface area contributed by atoms with Crippen molar-refractivity contribution in [2.24, 2.45) is 5.92 Å². The lowest BCUT2D eigenvalue weighted by Gasteiger charge is -2.09. The van der Waals surface area contributed by atoms with Crippen LogP contribution in [0.1, 0.15) is 18.1 Å². The Morgan fingerprint density at radius 1 is 1.09 bits per heavy atom. The number of carbonyl (C=O) groups is 1. The van der Waals surface area contributed by atoms with Crippen LogP contribution in [0.15, 0.2) is 60.8 Å². The van der Waals surface area contributed by atoms with E-state index in [1.165, 1.54) is 10.9 Å². The maximum atomic E-state index is 11.0. The van der Waals surface area contributed by atoms with Gasteiger partial charge in [0.1, 0.15) is 0 Å². The average Bonchev–Trinajstić information content (AvgIpc) is 2.91. The fourth-order valence-corrected chi connectivity index (χ4v) is 2.72. The van der Waals surface area contributed by atoms with Gasteiger partial charge in [0.25, 0.3) is 0 Å². The molecule has 0 saturated carbocycles. The number of rotatable bonds is 5. The van der Waals surface area contributed by atoms with Crippen LogP contribution in [0.25, 0.3) is 10.9 Å². The van der Waals surface area contributed by atoms with Crippen molar-refractivity contribution in [2.75, 3.05) is 0 Å². The lowest BCUT2D eigenvalue weighted by molar-refractivity contribution is -0.141. The Bertz CT molecular complexity index is 790. The number of hydrogen-bond donors (Lipinski definition) is 1. The zero-order valence-corrected chi connectivity index (χ0v) is 12.6. The van der Waals surface area contributed by atoms with E-state index in [1.807, 2.05) is 24.3 Å². The van der Waals surface area contributed by atoms with Gasteiger partial charge in [-0.25, -0.2) is 0 Å². The number of fused-ring (bicyclic) bond motifs is 1. The molecule has 22 heavy (non-hydrogen) atoms. The highest BCUT2D eigenvalue weighted by Crippen LogP contribution is 2.21. The summed E-state index contributed by atoms with van der Waals surface area (Å²) in [7, 11) is 0. The van der Waals surface area contributed by atoms with Crippen LogP contribution < -0.4 is 0 Å². The molecule has 3 rings (SSSR count). The van der Waals surface area contributed by atoms with Gasteiger partial charge in [-0.2, -0.15) is 0 Å². The minimum absolute atomic E-state index is 0.366. The Morgan fingerprint density at radius 3 is 2.59 bits per heavy atom. The second kappa shape index (κ2) is 6.06. The average molecular weight is 293 g/mol. The molecule has 0 bridgehead atoms. The molecule has 1 aromatic heterocycles.